The van der Waals surface area contributed by atoms with Crippen LogP contribution in [0.4, 0.5) is 0 Å². The van der Waals surface area contributed by atoms with Crippen molar-refractivity contribution >= 4 is 11.7 Å². The van der Waals surface area contributed by atoms with Crippen molar-refractivity contribution in [1.29, 1.82) is 0 Å². The molecule has 0 N–H and O–H groups in total. The molecule has 0 unspecified atom stereocenters. The van der Waals surface area contributed by atoms with Crippen LogP contribution in [0.25, 0.3) is 11.1 Å². The number of aromatic nitrogens is 1. The molecule has 1 fully saturated rings. The Balaban J connectivity index is 1.36. The predicted octanol–water partition coefficient (Wildman–Crippen LogP) is 4.33. The van der Waals surface area contributed by atoms with Crippen molar-refractivity contribution in [3.63, 3.8) is 0 Å². The number of hydrogen-bond acceptors (Lipinski definition) is 5. The quantitative estimate of drug-likeness (QED) is 0.568. The maximum atomic E-state index is 13.3. The van der Waals surface area contributed by atoms with E-state index in [9.17, 15) is 9.59 Å². The first kappa shape index (κ1) is 21.2. The van der Waals surface area contributed by atoms with Gasteiger partial charge >= 0.3 is 0 Å². The van der Waals surface area contributed by atoms with Crippen LogP contribution in [0, 0.1) is 6.92 Å². The van der Waals surface area contributed by atoms with Gasteiger partial charge in [-0.15, -0.1) is 0 Å². The van der Waals surface area contributed by atoms with Gasteiger partial charge in [0.25, 0.3) is 5.91 Å². The zero-order chi connectivity index (χ0) is 23.2. The van der Waals surface area contributed by atoms with E-state index in [-0.39, 0.29) is 24.9 Å². The van der Waals surface area contributed by atoms with Gasteiger partial charge < -0.3 is 14.4 Å². The Morgan fingerprint density at radius 3 is 2.55 bits per heavy atom. The molecular formula is C27H26N2O4. The van der Waals surface area contributed by atoms with Gasteiger partial charge in [-0.2, -0.15) is 0 Å². The summed E-state index contributed by atoms with van der Waals surface area (Å²) >= 11 is 0. The van der Waals surface area contributed by atoms with Crippen LogP contribution in [0.5, 0.6) is 11.5 Å². The van der Waals surface area contributed by atoms with Crippen LogP contribution in [0.1, 0.15) is 40.0 Å². The monoisotopic (exact) mass is 442 g/mol. The average molecular weight is 443 g/mol. The van der Waals surface area contributed by atoms with Crippen LogP contribution in [-0.4, -0.2) is 42.5 Å². The second-order valence-corrected chi connectivity index (χ2v) is 9.02. The molecule has 0 atom stereocenters. The number of amides is 1. The van der Waals surface area contributed by atoms with Gasteiger partial charge in [0.1, 0.15) is 5.78 Å². The summed E-state index contributed by atoms with van der Waals surface area (Å²) in [6.07, 6.45) is 3.77. The third-order valence-electron chi connectivity index (χ3n) is 6.54. The van der Waals surface area contributed by atoms with Crippen molar-refractivity contribution < 1.29 is 19.1 Å². The number of hydrogen-bond donors (Lipinski definition) is 0. The molecule has 33 heavy (non-hydrogen) atoms. The van der Waals surface area contributed by atoms with Crippen molar-refractivity contribution in [3.8, 4) is 22.6 Å². The number of aryl methyl sites for hydroxylation is 1. The standard InChI is InChI=1S/C27H26N2O4/c1-17-11-21(28-15-22(17)18-5-4-6-19(12-18)26(31)29(2)3)14-25(30)27(9-10-27)20-7-8-23-24(13-20)33-16-32-23/h4-8,11-13,15H,9-10,14,16H2,1-3H3. The average Bonchev–Trinajstić information content (AvgIpc) is 3.49. The van der Waals surface area contributed by atoms with Gasteiger partial charge in [0, 0.05) is 43.5 Å². The third kappa shape index (κ3) is 3.86. The number of Topliss-reactive ketones (excluding diaryl/α,β-unsaturated/α-hetero) is 1. The fraction of sp³-hybridized carbons (Fsp3) is 0.296. The minimum Gasteiger partial charge on any atom is -0.454 e. The lowest BCUT2D eigenvalue weighted by atomic mass is 9.88. The molecule has 168 valence electrons. The molecule has 2 aromatic carbocycles. The molecule has 5 rings (SSSR count). The number of ether oxygens (including phenoxy) is 2. The Morgan fingerprint density at radius 1 is 1.03 bits per heavy atom. The molecule has 1 saturated carbocycles. The molecule has 1 aromatic heterocycles. The molecule has 2 heterocycles. The molecule has 0 saturated heterocycles. The van der Waals surface area contributed by atoms with Gasteiger partial charge in [-0.05, 0) is 66.8 Å². The third-order valence-corrected chi connectivity index (χ3v) is 6.54. The summed E-state index contributed by atoms with van der Waals surface area (Å²) in [5.74, 6) is 1.58. The second kappa shape index (κ2) is 8.03. The predicted molar refractivity (Wildman–Crippen MR) is 125 cm³/mol. The maximum absolute atomic E-state index is 13.3. The number of benzene rings is 2. The maximum Gasteiger partial charge on any atom is 0.253 e. The summed E-state index contributed by atoms with van der Waals surface area (Å²) in [4.78, 5) is 31.8. The zero-order valence-corrected chi connectivity index (χ0v) is 19.1. The van der Waals surface area contributed by atoms with Crippen molar-refractivity contribution in [2.75, 3.05) is 20.9 Å². The molecule has 1 amide bonds. The first-order valence-electron chi connectivity index (χ1n) is 11.1. The zero-order valence-electron chi connectivity index (χ0n) is 19.1. The highest BCUT2D eigenvalue weighted by Gasteiger charge is 2.51. The van der Waals surface area contributed by atoms with E-state index in [1.165, 1.54) is 0 Å². The Bertz CT molecular complexity index is 1260. The van der Waals surface area contributed by atoms with Crippen LogP contribution in [0.15, 0.2) is 54.7 Å². The number of ketones is 1. The number of nitrogens with zero attached hydrogens (tertiary/aromatic N) is 2. The highest BCUT2D eigenvalue weighted by atomic mass is 16.7. The van der Waals surface area contributed by atoms with Gasteiger partial charge in [-0.1, -0.05) is 18.2 Å². The molecule has 1 aliphatic carbocycles. The van der Waals surface area contributed by atoms with Crippen LogP contribution in [0.2, 0.25) is 0 Å². The number of pyridine rings is 1. The molecule has 0 radical (unpaired) electrons. The van der Waals surface area contributed by atoms with Gasteiger partial charge in [0.05, 0.1) is 5.41 Å². The van der Waals surface area contributed by atoms with Crippen molar-refractivity contribution in [2.45, 2.75) is 31.6 Å². The van der Waals surface area contributed by atoms with Crippen molar-refractivity contribution in [2.24, 2.45) is 0 Å². The Labute approximate surface area is 193 Å². The highest BCUT2D eigenvalue weighted by Crippen LogP contribution is 2.51. The van der Waals surface area contributed by atoms with Crippen molar-refractivity contribution in [3.05, 3.63) is 77.1 Å². The lowest BCUT2D eigenvalue weighted by molar-refractivity contribution is -0.120. The van der Waals surface area contributed by atoms with E-state index in [1.807, 2.05) is 55.5 Å². The first-order chi connectivity index (χ1) is 15.9. The van der Waals surface area contributed by atoms with Crippen LogP contribution >= 0.6 is 0 Å². The highest BCUT2D eigenvalue weighted by molar-refractivity contribution is 5.96. The van der Waals surface area contributed by atoms with E-state index in [2.05, 4.69) is 4.98 Å². The summed E-state index contributed by atoms with van der Waals surface area (Å²) in [5.41, 5.74) is 4.85. The SMILES string of the molecule is Cc1cc(CC(=O)C2(c3ccc4c(c3)OCO4)CC2)ncc1-c1cccc(C(=O)N(C)C)c1. The molecule has 6 heteroatoms. The molecule has 6 nitrogen and oxygen atoms in total. The largest absolute Gasteiger partial charge is 0.454 e. The minimum absolute atomic E-state index is 0.0390. The van der Waals surface area contributed by atoms with Crippen LogP contribution in [-0.2, 0) is 16.6 Å². The minimum atomic E-state index is -0.448. The molecule has 3 aromatic rings. The number of carbonyl (C=O) groups excluding carboxylic acids is 2. The smallest absolute Gasteiger partial charge is 0.253 e. The lowest BCUT2D eigenvalue weighted by Crippen LogP contribution is -2.23. The number of rotatable bonds is 6. The molecule has 1 aliphatic heterocycles. The van der Waals surface area contributed by atoms with Gasteiger partial charge in [-0.25, -0.2) is 0 Å². The molecule has 2 aliphatic rings. The van der Waals surface area contributed by atoms with E-state index in [0.29, 0.717) is 11.3 Å². The van der Waals surface area contributed by atoms with Crippen molar-refractivity contribution in [1.82, 2.24) is 9.88 Å². The summed E-state index contributed by atoms with van der Waals surface area (Å²) in [7, 11) is 3.48. The van der Waals surface area contributed by atoms with Gasteiger partial charge in [0.2, 0.25) is 6.79 Å². The van der Waals surface area contributed by atoms with E-state index < -0.39 is 5.41 Å². The second-order valence-electron chi connectivity index (χ2n) is 9.02. The fourth-order valence-corrected chi connectivity index (χ4v) is 4.47. The Hall–Kier alpha value is -3.67. The van der Waals surface area contributed by atoms with E-state index in [1.54, 1.807) is 25.2 Å². The van der Waals surface area contributed by atoms with Crippen LogP contribution < -0.4 is 9.47 Å². The van der Waals surface area contributed by atoms with Crippen LogP contribution in [0.3, 0.4) is 0 Å². The Morgan fingerprint density at radius 2 is 1.82 bits per heavy atom. The van der Waals surface area contributed by atoms with E-state index in [4.69, 9.17) is 9.47 Å². The summed E-state index contributed by atoms with van der Waals surface area (Å²) in [6, 6.07) is 15.3. The fourth-order valence-electron chi connectivity index (χ4n) is 4.47. The normalized spacial score (nSPS) is 15.2. The molecular weight excluding hydrogens is 416 g/mol. The lowest BCUT2D eigenvalue weighted by Gasteiger charge is -2.16. The first-order valence-corrected chi connectivity index (χ1v) is 11.1. The summed E-state index contributed by atoms with van der Waals surface area (Å²) in [6.45, 7) is 2.23. The number of fused-ring (bicyclic) bond motifs is 1. The number of carbonyl (C=O) groups is 2. The summed E-state index contributed by atoms with van der Waals surface area (Å²) in [5, 5.41) is 0. The van der Waals surface area contributed by atoms with Gasteiger partial charge in [-0.3, -0.25) is 14.6 Å². The topological polar surface area (TPSA) is 68.7 Å². The molecule has 0 spiro atoms. The Kier molecular flexibility index (Phi) is 5.16. The van der Waals surface area contributed by atoms with E-state index in [0.717, 1.165) is 46.5 Å². The summed E-state index contributed by atoms with van der Waals surface area (Å²) < 4.78 is 10.9. The van der Waals surface area contributed by atoms with E-state index >= 15 is 0 Å². The molecule has 0 bridgehead atoms. The van der Waals surface area contributed by atoms with Gasteiger partial charge in [0.15, 0.2) is 11.5 Å².